The second-order valence-corrected chi connectivity index (χ2v) is 12.0. The van der Waals surface area contributed by atoms with Crippen molar-refractivity contribution in [3.63, 3.8) is 0 Å². The molecule has 4 aromatic carbocycles. The largest absolute Gasteiger partial charge is 0.374 e. The second kappa shape index (κ2) is 11.1. The monoisotopic (exact) mass is 529 g/mol. The van der Waals surface area contributed by atoms with Crippen molar-refractivity contribution in [1.29, 1.82) is 0 Å². The van der Waals surface area contributed by atoms with Gasteiger partial charge in [0.05, 0.1) is 4.90 Å². The minimum Gasteiger partial charge on any atom is -0.374 e. The summed E-state index contributed by atoms with van der Waals surface area (Å²) in [7, 11) is -3.69. The predicted octanol–water partition coefficient (Wildman–Crippen LogP) is 5.89. The minimum atomic E-state index is -3.69. The lowest BCUT2D eigenvalue weighted by atomic mass is 10.1. The fourth-order valence-electron chi connectivity index (χ4n) is 5.36. The molecule has 1 heterocycles. The van der Waals surface area contributed by atoms with Crippen LogP contribution >= 0.6 is 0 Å². The Kier molecular flexibility index (Phi) is 7.68. The molecule has 0 radical (unpaired) electrons. The average molecular weight is 530 g/mol. The van der Waals surface area contributed by atoms with Gasteiger partial charge in [0.1, 0.15) is 6.04 Å². The Hall–Kier alpha value is -3.42. The molecular formula is C31H35N3O3S. The number of amides is 1. The third kappa shape index (κ3) is 5.40. The van der Waals surface area contributed by atoms with Gasteiger partial charge in [-0.1, -0.05) is 80.4 Å². The Morgan fingerprint density at radius 1 is 0.895 bits per heavy atom. The highest BCUT2D eigenvalue weighted by Crippen LogP contribution is 2.27. The molecule has 0 saturated carbocycles. The van der Waals surface area contributed by atoms with Gasteiger partial charge < -0.3 is 10.2 Å². The summed E-state index contributed by atoms with van der Waals surface area (Å²) in [5.74, 6) is -0.0117. The Morgan fingerprint density at radius 2 is 1.53 bits per heavy atom. The van der Waals surface area contributed by atoms with Crippen molar-refractivity contribution in [2.75, 3.05) is 25.0 Å². The van der Waals surface area contributed by atoms with Gasteiger partial charge in [-0.05, 0) is 59.2 Å². The quantitative estimate of drug-likeness (QED) is 0.309. The molecule has 38 heavy (non-hydrogen) atoms. The van der Waals surface area contributed by atoms with Crippen molar-refractivity contribution in [3.8, 4) is 0 Å². The first-order valence-electron chi connectivity index (χ1n) is 13.4. The molecule has 0 aromatic heterocycles. The zero-order valence-electron chi connectivity index (χ0n) is 22.0. The lowest BCUT2D eigenvalue weighted by molar-refractivity contribution is -0.133. The summed E-state index contributed by atoms with van der Waals surface area (Å²) < 4.78 is 29.2. The van der Waals surface area contributed by atoms with E-state index >= 15 is 0 Å². The SMILES string of the molecule is CCCCC1CN(C(=O)C(C)Nc2ccc3ccccc3c2)CCN1S(=O)(=O)c1ccc2ccccc2c1. The van der Waals surface area contributed by atoms with Crippen LogP contribution in [0, 0.1) is 0 Å². The Bertz CT molecular complexity index is 1550. The summed E-state index contributed by atoms with van der Waals surface area (Å²) in [5, 5.41) is 7.53. The number of hydrogen-bond acceptors (Lipinski definition) is 4. The van der Waals surface area contributed by atoms with Crippen LogP contribution in [0.25, 0.3) is 21.5 Å². The van der Waals surface area contributed by atoms with Crippen LogP contribution in [0.3, 0.4) is 0 Å². The van der Waals surface area contributed by atoms with Crippen LogP contribution in [0.5, 0.6) is 0 Å². The number of sulfonamides is 1. The molecule has 198 valence electrons. The molecule has 0 bridgehead atoms. The number of nitrogens with zero attached hydrogens (tertiary/aromatic N) is 2. The highest BCUT2D eigenvalue weighted by molar-refractivity contribution is 7.89. The number of anilines is 1. The molecule has 1 aliphatic heterocycles. The van der Waals surface area contributed by atoms with E-state index in [9.17, 15) is 13.2 Å². The van der Waals surface area contributed by atoms with E-state index in [1.807, 2.05) is 66.4 Å². The van der Waals surface area contributed by atoms with E-state index < -0.39 is 16.1 Å². The van der Waals surface area contributed by atoms with Crippen molar-refractivity contribution in [1.82, 2.24) is 9.21 Å². The first-order chi connectivity index (χ1) is 18.4. The average Bonchev–Trinajstić information content (AvgIpc) is 2.95. The number of nitrogens with one attached hydrogen (secondary N) is 1. The standard InChI is InChI=1S/C31H35N3O3S/c1-3-4-13-29-22-33(31(35)23(2)32-28-16-14-24-9-5-7-11-26(24)20-28)18-19-34(29)38(36,37)30-17-15-25-10-6-8-12-27(25)21-30/h5-12,14-17,20-21,23,29,32H,3-4,13,18-19,22H2,1-2H3. The fourth-order valence-corrected chi connectivity index (χ4v) is 7.03. The number of carbonyl (C=O) groups excluding carboxylic acids is 1. The lowest BCUT2D eigenvalue weighted by Crippen LogP contribution is -2.58. The summed E-state index contributed by atoms with van der Waals surface area (Å²) in [6.45, 7) is 5.03. The van der Waals surface area contributed by atoms with E-state index in [-0.39, 0.29) is 18.5 Å². The maximum absolute atomic E-state index is 13.8. The Balaban J connectivity index is 1.32. The topological polar surface area (TPSA) is 69.7 Å². The number of piperazine rings is 1. The van der Waals surface area contributed by atoms with Crippen molar-refractivity contribution >= 4 is 43.2 Å². The number of hydrogen-bond donors (Lipinski definition) is 1. The summed E-state index contributed by atoms with van der Waals surface area (Å²) in [5.41, 5.74) is 0.893. The number of unbranched alkanes of at least 4 members (excludes halogenated alkanes) is 1. The molecule has 1 fully saturated rings. The molecule has 6 nitrogen and oxygen atoms in total. The zero-order valence-corrected chi connectivity index (χ0v) is 22.8. The van der Waals surface area contributed by atoms with Crippen molar-refractivity contribution < 1.29 is 13.2 Å². The maximum atomic E-state index is 13.8. The highest BCUT2D eigenvalue weighted by atomic mass is 32.2. The van der Waals surface area contributed by atoms with Gasteiger partial charge in [-0.3, -0.25) is 4.79 Å². The van der Waals surface area contributed by atoms with Crippen LogP contribution in [0.4, 0.5) is 5.69 Å². The van der Waals surface area contributed by atoms with Crippen molar-refractivity contribution in [3.05, 3.63) is 84.9 Å². The Labute approximate surface area is 225 Å². The van der Waals surface area contributed by atoms with Crippen LogP contribution in [0.1, 0.15) is 33.1 Å². The van der Waals surface area contributed by atoms with Crippen molar-refractivity contribution in [2.24, 2.45) is 0 Å². The first kappa shape index (κ1) is 26.2. The molecule has 1 aliphatic rings. The lowest BCUT2D eigenvalue weighted by Gasteiger charge is -2.41. The highest BCUT2D eigenvalue weighted by Gasteiger charge is 2.38. The summed E-state index contributed by atoms with van der Waals surface area (Å²) in [4.78, 5) is 15.6. The van der Waals surface area contributed by atoms with Crippen LogP contribution in [0.15, 0.2) is 89.8 Å². The summed E-state index contributed by atoms with van der Waals surface area (Å²) >= 11 is 0. The van der Waals surface area contributed by atoms with Crippen LogP contribution in [0.2, 0.25) is 0 Å². The molecule has 5 rings (SSSR count). The van der Waals surface area contributed by atoms with Crippen molar-refractivity contribution in [2.45, 2.75) is 50.1 Å². The van der Waals surface area contributed by atoms with E-state index in [2.05, 4.69) is 30.4 Å². The van der Waals surface area contributed by atoms with Crippen LogP contribution in [-0.4, -0.2) is 55.2 Å². The molecule has 1 amide bonds. The summed E-state index contributed by atoms with van der Waals surface area (Å²) in [6, 6.07) is 26.6. The summed E-state index contributed by atoms with van der Waals surface area (Å²) in [6.07, 6.45) is 2.59. The van der Waals surface area contributed by atoms with E-state index in [1.165, 1.54) is 0 Å². The van der Waals surface area contributed by atoms with Gasteiger partial charge >= 0.3 is 0 Å². The predicted molar refractivity (Wildman–Crippen MR) is 155 cm³/mol. The molecule has 1 saturated heterocycles. The number of benzene rings is 4. The molecule has 7 heteroatoms. The third-order valence-electron chi connectivity index (χ3n) is 7.46. The van der Waals surface area contributed by atoms with Gasteiger partial charge in [-0.25, -0.2) is 8.42 Å². The van der Waals surface area contributed by atoms with E-state index in [0.29, 0.717) is 18.0 Å². The molecule has 2 unspecified atom stereocenters. The van der Waals surface area contributed by atoms with E-state index in [1.54, 1.807) is 16.4 Å². The second-order valence-electron chi connectivity index (χ2n) is 10.1. The van der Waals surface area contributed by atoms with E-state index in [4.69, 9.17) is 0 Å². The molecule has 0 spiro atoms. The minimum absolute atomic E-state index is 0.0117. The van der Waals surface area contributed by atoms with E-state index in [0.717, 1.165) is 46.5 Å². The third-order valence-corrected chi connectivity index (χ3v) is 9.41. The van der Waals surface area contributed by atoms with Crippen LogP contribution < -0.4 is 5.32 Å². The first-order valence-corrected chi connectivity index (χ1v) is 14.9. The van der Waals surface area contributed by atoms with Gasteiger partial charge in [0.15, 0.2) is 0 Å². The fraction of sp³-hybridized carbons (Fsp3) is 0.323. The molecule has 4 aromatic rings. The number of fused-ring (bicyclic) bond motifs is 2. The zero-order chi connectivity index (χ0) is 26.7. The van der Waals surface area contributed by atoms with Gasteiger partial charge in [-0.15, -0.1) is 0 Å². The van der Waals surface area contributed by atoms with Gasteiger partial charge in [0, 0.05) is 31.4 Å². The smallest absolute Gasteiger partial charge is 0.244 e. The van der Waals surface area contributed by atoms with Crippen LogP contribution in [-0.2, 0) is 14.8 Å². The normalized spacial score (nSPS) is 17.5. The van der Waals surface area contributed by atoms with Gasteiger partial charge in [0.25, 0.3) is 0 Å². The molecule has 1 N–H and O–H groups in total. The number of rotatable bonds is 8. The molecule has 0 aliphatic carbocycles. The molecule has 2 atom stereocenters. The Morgan fingerprint density at radius 3 is 2.21 bits per heavy atom. The molecular weight excluding hydrogens is 494 g/mol. The maximum Gasteiger partial charge on any atom is 0.244 e. The van der Waals surface area contributed by atoms with Gasteiger partial charge in [-0.2, -0.15) is 4.31 Å². The number of carbonyl (C=O) groups is 1. The van der Waals surface area contributed by atoms with Gasteiger partial charge in [0.2, 0.25) is 15.9 Å².